The van der Waals surface area contributed by atoms with Gasteiger partial charge < -0.3 is 0 Å². The van der Waals surface area contributed by atoms with Crippen molar-refractivity contribution in [1.82, 2.24) is 89.7 Å². The average molecular weight is 1840 g/mol. The highest BCUT2D eigenvalue weighted by Crippen LogP contribution is 2.45. The van der Waals surface area contributed by atoms with Crippen molar-refractivity contribution in [1.29, 1.82) is 0 Å². The fourth-order valence-electron chi connectivity index (χ4n) is 18.8. The Bertz CT molecular complexity index is 7750. The zero-order valence-corrected chi connectivity index (χ0v) is 77.1. The van der Waals surface area contributed by atoms with E-state index in [9.17, 15) is 0 Å². The summed E-state index contributed by atoms with van der Waals surface area (Å²) in [5.41, 5.74) is 34.2. The molecule has 0 aliphatic carbocycles. The number of benzene rings is 8. The minimum atomic E-state index is 0.850. The molecule has 18 heteroatoms. The molecule has 18 heterocycles. The molecule has 0 unspecified atom stereocenters. The van der Waals surface area contributed by atoms with Crippen LogP contribution in [0, 0.1) is 0 Å². The zero-order valence-electron chi connectivity index (χ0n) is 77.1. The van der Waals surface area contributed by atoms with Gasteiger partial charge in [-0.2, -0.15) is 0 Å². The van der Waals surface area contributed by atoms with E-state index in [0.717, 1.165) is 251 Å². The van der Waals surface area contributed by atoms with Crippen LogP contribution in [0.2, 0.25) is 0 Å². The van der Waals surface area contributed by atoms with Crippen LogP contribution in [0.3, 0.4) is 0 Å². The molecule has 0 saturated carbocycles. The van der Waals surface area contributed by atoms with Gasteiger partial charge in [0.1, 0.15) is 0 Å². The van der Waals surface area contributed by atoms with E-state index in [4.69, 9.17) is 59.8 Å². The summed E-state index contributed by atoms with van der Waals surface area (Å²) in [6.45, 7) is 0. The summed E-state index contributed by atoms with van der Waals surface area (Å²) in [5, 5.41) is 13.8. The molecule has 0 amide bonds. The third-order valence-electron chi connectivity index (χ3n) is 26.5. The second-order valence-electron chi connectivity index (χ2n) is 35.1. The highest BCUT2D eigenvalue weighted by molar-refractivity contribution is 6.28. The van der Waals surface area contributed by atoms with Gasteiger partial charge in [0.2, 0.25) is 0 Å². The number of rotatable bonds is 18. The maximum atomic E-state index is 4.97. The predicted octanol–water partition coefficient (Wildman–Crippen LogP) is 29.4. The summed E-state index contributed by atoms with van der Waals surface area (Å²) in [4.78, 5) is 83.9. The molecule has 0 aliphatic rings. The number of hydrogen-bond donors (Lipinski definition) is 0. The van der Waals surface area contributed by atoms with Crippen LogP contribution in [0.25, 0.3) is 267 Å². The van der Waals surface area contributed by atoms with Crippen molar-refractivity contribution in [2.24, 2.45) is 0 Å². The van der Waals surface area contributed by atoms with E-state index in [0.29, 0.717) is 0 Å². The first-order valence-electron chi connectivity index (χ1n) is 47.2. The highest BCUT2D eigenvalue weighted by atomic mass is 14.8. The number of fused-ring (bicyclic) bond motifs is 12. The lowest BCUT2D eigenvalue weighted by atomic mass is 9.89. The fourth-order valence-corrected chi connectivity index (χ4v) is 18.8. The minimum Gasteiger partial charge on any atom is -0.265 e. The van der Waals surface area contributed by atoms with Crippen LogP contribution < -0.4 is 0 Å². The van der Waals surface area contributed by atoms with E-state index in [1.807, 2.05) is 220 Å². The Morgan fingerprint density at radius 3 is 0.417 bits per heavy atom. The molecule has 18 aromatic heterocycles. The van der Waals surface area contributed by atoms with Crippen molar-refractivity contribution in [3.63, 3.8) is 0 Å². The van der Waals surface area contributed by atoms with Gasteiger partial charge >= 0.3 is 0 Å². The van der Waals surface area contributed by atoms with Crippen LogP contribution in [0.15, 0.2) is 476 Å². The topological polar surface area (TPSA) is 232 Å². The summed E-state index contributed by atoms with van der Waals surface area (Å²) in [7, 11) is 0. The Hall–Kier alpha value is -20.0. The average Bonchev–Trinajstić information content (AvgIpc) is 0.733. The van der Waals surface area contributed by atoms with Gasteiger partial charge in [0.05, 0.1) is 85.4 Å². The van der Waals surface area contributed by atoms with Crippen molar-refractivity contribution < 1.29 is 0 Å². The van der Waals surface area contributed by atoms with Gasteiger partial charge in [0, 0.05) is 230 Å². The summed E-state index contributed by atoms with van der Waals surface area (Å²) < 4.78 is 0. The van der Waals surface area contributed by atoms with Gasteiger partial charge in [-0.3, -0.25) is 89.7 Å². The maximum Gasteiger partial charge on any atom is 0.0717 e. The van der Waals surface area contributed by atoms with E-state index in [2.05, 4.69) is 230 Å². The minimum absolute atomic E-state index is 0.850. The van der Waals surface area contributed by atoms with Crippen LogP contribution in [-0.2, 0) is 0 Å². The van der Waals surface area contributed by atoms with Gasteiger partial charge in [-0.05, 0) is 318 Å². The Balaban J connectivity index is 0.000000151. The molecule has 0 atom stereocenters. The van der Waals surface area contributed by atoms with Crippen LogP contribution in [0.4, 0.5) is 0 Å². The summed E-state index contributed by atoms with van der Waals surface area (Å²) in [6.07, 6.45) is 38.8. The maximum absolute atomic E-state index is 4.97. The van der Waals surface area contributed by atoms with Gasteiger partial charge in [0.25, 0.3) is 0 Å². The first-order chi connectivity index (χ1) is 71.3. The van der Waals surface area contributed by atoms with Crippen molar-refractivity contribution in [2.45, 2.75) is 0 Å². The SMILES string of the molecule is c1cc(-c2ccc(-c3ccc(-c4ccc5c(c4)c4ccc(-c6ccc(-c7ccc(-c8ccncc8)nc7)nc6)cc4c4ccc(-c6ccc(-c7ccc(-c8ccncc8)nc7)nc6)cc54)cn3)cn2)ccn1.c1ccc(-c2ccc(-c3ccc(-c4ccc5c(c4)c4ccc(-c6ccc(-c7ccc(-c8ccccn8)cn7)cn6)cc4c4ccc(-c6ccc(-c7ccc(-c8ccccn8)cn7)cn6)cc54)nc3)nc2)nc1. The molecule has 0 spiro atoms. The molecule has 26 rings (SSSR count). The van der Waals surface area contributed by atoms with Gasteiger partial charge in [-0.1, -0.05) is 109 Å². The normalized spacial score (nSPS) is 11.3. The second kappa shape index (κ2) is 37.8. The smallest absolute Gasteiger partial charge is 0.0717 e. The first kappa shape index (κ1) is 85.7. The standard InChI is InChI=1S/2C63H39N9/c1-10-52-55(31-43(1)46-4-13-61(67-34-46)49-7-16-58(70-37-49)40-19-25-64-26-20-40)53-11-2-45(48-6-15-63(69-36-48)51-9-18-60(72-39-51)42-23-29-66-30-24-42)33-57(53)54-12-3-44(32-56(52)54)47-5-14-62(68-35-47)50-8-17-59(71-38-50)41-21-27-65-28-22-41;1-4-28-64-55(7-1)43-16-25-61(70-34-43)46-13-22-58(67-37-46)40-10-19-49-52(31-40)50-20-11-41(59-23-14-47(38-68-59)62-26-17-44(35-71-62)56-8-2-5-29-65-56)33-54(50)51-21-12-42(32-53(49)51)60-24-15-48(39-69-60)63-27-18-45(36-72-63)57-9-3-6-30-66-57/h2*1-39H. The zero-order chi connectivity index (χ0) is 95.6. The number of aromatic nitrogens is 18. The van der Waals surface area contributed by atoms with E-state index in [1.165, 1.54) is 16.2 Å². The van der Waals surface area contributed by atoms with E-state index in [-0.39, 0.29) is 0 Å². The summed E-state index contributed by atoms with van der Waals surface area (Å²) in [5.74, 6) is 0. The van der Waals surface area contributed by atoms with Crippen molar-refractivity contribution in [3.8, 4) is 202 Å². The van der Waals surface area contributed by atoms with Crippen LogP contribution >= 0.6 is 0 Å². The van der Waals surface area contributed by atoms with Crippen molar-refractivity contribution in [2.75, 3.05) is 0 Å². The van der Waals surface area contributed by atoms with Crippen LogP contribution in [-0.4, -0.2) is 89.7 Å². The van der Waals surface area contributed by atoms with Crippen LogP contribution in [0.5, 0.6) is 0 Å². The van der Waals surface area contributed by atoms with Crippen molar-refractivity contribution >= 4 is 64.6 Å². The quantitative estimate of drug-likeness (QED) is 0.0727. The largest absolute Gasteiger partial charge is 0.265 e. The molecule has 144 heavy (non-hydrogen) atoms. The lowest BCUT2D eigenvalue weighted by Gasteiger charge is -2.15. The van der Waals surface area contributed by atoms with E-state index in [1.54, 1.807) is 55.8 Å². The summed E-state index contributed by atoms with van der Waals surface area (Å²) in [6, 6.07) is 119. The predicted molar refractivity (Wildman–Crippen MR) is 576 cm³/mol. The Morgan fingerprint density at radius 1 is 0.0903 bits per heavy atom. The molecule has 8 aromatic carbocycles. The Morgan fingerprint density at radius 2 is 0.243 bits per heavy atom. The Labute approximate surface area is 827 Å². The fraction of sp³-hybridized carbons (Fsp3) is 0. The van der Waals surface area contributed by atoms with Gasteiger partial charge in [-0.25, -0.2) is 0 Å². The highest BCUT2D eigenvalue weighted by Gasteiger charge is 2.21. The first-order valence-corrected chi connectivity index (χ1v) is 47.2. The molecule has 0 fully saturated rings. The molecule has 0 bridgehead atoms. The second-order valence-corrected chi connectivity index (χ2v) is 35.1. The molecular formula is C126H78N18. The molecule has 18 nitrogen and oxygen atoms in total. The summed E-state index contributed by atoms with van der Waals surface area (Å²) >= 11 is 0. The molecule has 26 aromatic rings. The number of hydrogen-bond acceptors (Lipinski definition) is 18. The third-order valence-corrected chi connectivity index (χ3v) is 26.5. The molecule has 0 N–H and O–H groups in total. The molecular weight excluding hydrogens is 1770 g/mol. The van der Waals surface area contributed by atoms with E-state index >= 15 is 0 Å². The van der Waals surface area contributed by atoms with Crippen molar-refractivity contribution in [3.05, 3.63) is 476 Å². The molecule has 0 radical (unpaired) electrons. The Kier molecular flexibility index (Phi) is 22.5. The third kappa shape index (κ3) is 17.2. The molecule has 672 valence electrons. The monoisotopic (exact) mass is 1840 g/mol. The molecule has 0 saturated heterocycles. The van der Waals surface area contributed by atoms with Gasteiger partial charge in [-0.15, -0.1) is 0 Å². The number of pyridine rings is 18. The van der Waals surface area contributed by atoms with Crippen LogP contribution in [0.1, 0.15) is 0 Å². The lowest BCUT2D eigenvalue weighted by Crippen LogP contribution is -1.91. The number of nitrogens with zero attached hydrogens (tertiary/aromatic N) is 18. The van der Waals surface area contributed by atoms with Gasteiger partial charge in [0.15, 0.2) is 0 Å². The van der Waals surface area contributed by atoms with E-state index < -0.39 is 0 Å². The molecule has 0 aliphatic heterocycles. The lowest BCUT2D eigenvalue weighted by molar-refractivity contribution is 1.26.